The van der Waals surface area contributed by atoms with Crippen LogP contribution in [0.5, 0.6) is 0 Å². The summed E-state index contributed by atoms with van der Waals surface area (Å²) in [7, 11) is 0. The van der Waals surface area contributed by atoms with E-state index in [1.165, 1.54) is 20.5 Å². The first-order valence-electron chi connectivity index (χ1n) is 42.6. The molecule has 13 nitrogen and oxygen atoms in total. The second-order valence-electron chi connectivity index (χ2n) is 31.4. The van der Waals surface area contributed by atoms with Crippen LogP contribution in [0.4, 0.5) is 0 Å². The van der Waals surface area contributed by atoms with E-state index in [0.29, 0.717) is 0 Å². The van der Waals surface area contributed by atoms with Gasteiger partial charge in [0.25, 0.3) is 0 Å². The number of thiazole rings is 3. The third kappa shape index (κ3) is 16.7. The zero-order chi connectivity index (χ0) is 86.7. The van der Waals surface area contributed by atoms with Gasteiger partial charge in [-0.1, -0.05) is 131 Å². The Bertz CT molecular complexity index is 8710. The van der Waals surface area contributed by atoms with Gasteiger partial charge in [0.1, 0.15) is 0 Å². The molecule has 0 saturated carbocycles. The van der Waals surface area contributed by atoms with Gasteiger partial charge in [-0.3, -0.25) is 34.9 Å². The maximum Gasteiger partial charge on any atom is 2.00 e. The zero-order valence-electron chi connectivity index (χ0n) is 70.4. The molecule has 0 saturated heterocycles. The number of aromatic nitrogens is 13. The monoisotopic (exact) mass is 2330 g/mol. The molecule has 0 radical (unpaired) electrons. The first kappa shape index (κ1) is 86.3. The van der Waals surface area contributed by atoms with Gasteiger partial charge in [0.05, 0.1) is 16.6 Å². The molecule has 12 aromatic carbocycles. The van der Waals surface area contributed by atoms with Gasteiger partial charge in [0.2, 0.25) is 0 Å². The fourth-order valence-corrected chi connectivity index (χ4v) is 20.9. The van der Waals surface area contributed by atoms with Gasteiger partial charge in [-0.05, 0) is 244 Å². The summed E-state index contributed by atoms with van der Waals surface area (Å²) >= 11 is 6.83. The molecule has 0 aliphatic carbocycles. The minimum absolute atomic E-state index is 0. The Morgan fingerprint density at radius 1 is 0.224 bits per heavy atom. The number of fused-ring (bicyclic) bond motifs is 12. The van der Waals surface area contributed by atoms with Crippen molar-refractivity contribution in [1.29, 1.82) is 0 Å². The van der Waals surface area contributed by atoms with Gasteiger partial charge in [-0.15, -0.1) is 166 Å². The molecule has 0 aliphatic heterocycles. The van der Waals surface area contributed by atoms with E-state index >= 15 is 0 Å². The van der Waals surface area contributed by atoms with Crippen molar-refractivity contribution >= 4 is 141 Å². The summed E-state index contributed by atoms with van der Waals surface area (Å²) in [4.78, 5) is 46.9. The van der Waals surface area contributed by atoms with Crippen LogP contribution in [-0.4, -0.2) is 63.5 Å². The van der Waals surface area contributed by atoms with Crippen LogP contribution in [0.1, 0.15) is 0 Å². The summed E-state index contributed by atoms with van der Waals surface area (Å²) in [6.45, 7) is 0. The average Bonchev–Trinajstić information content (AvgIpc) is 1.59. The van der Waals surface area contributed by atoms with Crippen molar-refractivity contribution in [2.24, 2.45) is 0 Å². The number of hydrogen-bond acceptors (Lipinski definition) is 14. The SMILES string of the molecule is [Pt+2].[Pt+2].[Pt+2].[c-]1c(-c2ccccn2)cc(-c2ccncc2)cc1-n1c2[c-]c(-c3nc4ccc(-c5ccncc5)cc4s3)ccc2c2ccccc21.[c-]1c(-c2ccccn2)cccc1-n1c2[c-]c(-c3nc4cc(-c5ccncc5)ccc4s3)ccc2c2cc(-c3ccncc3)ccc21.[c-]1c(-c2ccccn2)cccc1-n1c2[c-]c(-c3nc4ccccc4s3)ccc2c2cc(-c3cccs3)ccc21. The van der Waals surface area contributed by atoms with Crippen LogP contribution in [0.3, 0.4) is 0 Å². The quantitative estimate of drug-likeness (QED) is 0.0965. The van der Waals surface area contributed by atoms with Crippen LogP contribution in [0.25, 0.3) is 234 Å². The molecule has 20 heteroatoms. The third-order valence-corrected chi connectivity index (χ3v) is 27.6. The van der Waals surface area contributed by atoms with E-state index in [1.54, 1.807) is 45.3 Å². The Kier molecular flexibility index (Phi) is 24.2. The summed E-state index contributed by atoms with van der Waals surface area (Å²) < 4.78 is 10.2. The van der Waals surface area contributed by atoms with E-state index in [0.717, 1.165) is 213 Å². The molecule has 0 unspecified atom stereocenters. The van der Waals surface area contributed by atoms with E-state index in [9.17, 15) is 0 Å². The Balaban J connectivity index is 0.000000120. The van der Waals surface area contributed by atoms with Crippen molar-refractivity contribution in [1.82, 2.24) is 63.5 Å². The number of pyridine rings is 7. The molecular formula is C114H65N13Pt3S4. The Morgan fingerprint density at radius 3 is 1.17 bits per heavy atom. The number of thiophene rings is 1. The fraction of sp³-hybridized carbons (Fsp3) is 0. The Labute approximate surface area is 829 Å². The van der Waals surface area contributed by atoms with E-state index in [2.05, 4.69) is 303 Å². The predicted octanol–water partition coefficient (Wildman–Crippen LogP) is 29.1. The summed E-state index contributed by atoms with van der Waals surface area (Å²) in [6.07, 6.45) is 20.1. The molecule has 0 N–H and O–H groups in total. The molecule has 0 atom stereocenters. The predicted molar refractivity (Wildman–Crippen MR) is 537 cm³/mol. The number of rotatable bonds is 14. The van der Waals surface area contributed by atoms with Crippen LogP contribution >= 0.6 is 45.3 Å². The molecule has 640 valence electrons. The Morgan fingerprint density at radius 2 is 0.642 bits per heavy atom. The molecule has 14 aromatic heterocycles. The molecule has 26 aromatic rings. The summed E-state index contributed by atoms with van der Waals surface area (Å²) in [5.74, 6) is 0. The first-order valence-corrected chi connectivity index (χ1v) is 45.9. The van der Waals surface area contributed by atoms with E-state index in [-0.39, 0.29) is 63.2 Å². The van der Waals surface area contributed by atoms with Crippen molar-refractivity contribution in [3.05, 3.63) is 431 Å². The van der Waals surface area contributed by atoms with Crippen molar-refractivity contribution in [2.75, 3.05) is 0 Å². The second kappa shape index (κ2) is 37.6. The summed E-state index contributed by atoms with van der Waals surface area (Å²) in [5.41, 5.74) is 30.6. The molecule has 14 heterocycles. The second-order valence-corrected chi connectivity index (χ2v) is 35.5. The van der Waals surface area contributed by atoms with Gasteiger partial charge < -0.3 is 28.7 Å². The maximum absolute atomic E-state index is 5.08. The maximum atomic E-state index is 5.08. The van der Waals surface area contributed by atoms with Crippen LogP contribution in [0, 0.1) is 36.4 Å². The zero-order valence-corrected chi connectivity index (χ0v) is 80.5. The third-order valence-electron chi connectivity index (χ3n) is 23.5. The van der Waals surface area contributed by atoms with Crippen molar-refractivity contribution in [2.45, 2.75) is 0 Å². The molecule has 26 rings (SSSR count). The van der Waals surface area contributed by atoms with E-state index in [4.69, 9.17) is 15.0 Å². The van der Waals surface area contributed by atoms with Crippen molar-refractivity contribution in [3.8, 4) is 137 Å². The number of para-hydroxylation sites is 2. The van der Waals surface area contributed by atoms with Gasteiger partial charge in [-0.2, -0.15) is 34.0 Å². The topological polar surface area (TPSA) is 144 Å². The molecule has 0 bridgehead atoms. The molecule has 0 fully saturated rings. The molecule has 0 spiro atoms. The van der Waals surface area contributed by atoms with Crippen LogP contribution in [0.15, 0.2) is 395 Å². The number of benzene rings is 12. The van der Waals surface area contributed by atoms with Gasteiger partial charge in [0, 0.05) is 119 Å². The molecule has 134 heavy (non-hydrogen) atoms. The largest absolute Gasteiger partial charge is 2.00 e. The standard InChI is InChI=1S/2C40H23N5S.C34H19N3S2.3Pt/c1-2-17-43-35(6-1)30-4-3-5-32(22-30)45-37-11-8-28(26-13-18-41-19-14-26)23-34(37)33-10-7-31(25-38(33)45)40-44-36-24-29(9-12-39(36)46-40)27-15-20-42-21-16-27;1-2-7-37-33(5-1)34-10-8-29(40-44-36-11-9-28(25-39(36)46-40)26-12-17-41-18-13-26)24-38(34)45(37)32-22-30(27-14-19-42-20-15-27)21-31(23-32)35-6-3-4-16-43-35;1-2-11-33-29(10-1)36-34(39-33)24-13-15-26-27-20-23(32-12-6-18-38-32)14-16-30(27)37(31(26)21-24)25-8-5-7-22(19-25)28-9-3-4-17-35-28;;;/h1-21,23-24H;1-22,25H;1-18,20H;;;/q3*-2;3*+2. The number of nitrogens with zero attached hydrogens (tertiary/aromatic N) is 13. The van der Waals surface area contributed by atoms with Gasteiger partial charge in [-0.25, -0.2) is 0 Å². The van der Waals surface area contributed by atoms with Crippen LogP contribution in [-0.2, 0) is 63.2 Å². The molecule has 0 aliphatic rings. The van der Waals surface area contributed by atoms with E-state index < -0.39 is 0 Å². The summed E-state index contributed by atoms with van der Waals surface area (Å²) in [6, 6.07) is 134. The Hall–Kier alpha value is -14.5. The van der Waals surface area contributed by atoms with E-state index in [1.807, 2.05) is 177 Å². The molecular weight excluding hydrogens is 2260 g/mol. The van der Waals surface area contributed by atoms with Gasteiger partial charge in [0.15, 0.2) is 0 Å². The van der Waals surface area contributed by atoms with Gasteiger partial charge >= 0.3 is 63.2 Å². The molecule has 0 amide bonds. The van der Waals surface area contributed by atoms with Crippen molar-refractivity contribution < 1.29 is 63.2 Å². The minimum Gasteiger partial charge on any atom is -0.346 e. The smallest absolute Gasteiger partial charge is 0.346 e. The summed E-state index contributed by atoms with van der Waals surface area (Å²) in [5, 5.41) is 11.9. The van der Waals surface area contributed by atoms with Crippen LogP contribution < -0.4 is 0 Å². The number of hydrogen-bond donors (Lipinski definition) is 0. The van der Waals surface area contributed by atoms with Crippen LogP contribution in [0.2, 0.25) is 0 Å². The minimum atomic E-state index is 0. The normalized spacial score (nSPS) is 11.3. The average molecular weight is 2330 g/mol. The first-order chi connectivity index (χ1) is 64.9. The fourth-order valence-electron chi connectivity index (χ4n) is 17.3. The van der Waals surface area contributed by atoms with Crippen molar-refractivity contribution in [3.63, 3.8) is 0 Å².